The number of carbonyl (C=O) groups is 1. The predicted octanol–water partition coefficient (Wildman–Crippen LogP) is 3.68. The number of rotatable bonds is 9. The van der Waals surface area contributed by atoms with Crippen molar-refractivity contribution in [2.75, 3.05) is 0 Å². The molecule has 0 radical (unpaired) electrons. The van der Waals surface area contributed by atoms with Gasteiger partial charge in [0, 0.05) is 11.8 Å². The highest BCUT2D eigenvalue weighted by molar-refractivity contribution is 6.21. The Morgan fingerprint density at radius 3 is 2.93 bits per heavy atom. The molecule has 2 aliphatic rings. The molecule has 0 bridgehead atoms. The minimum absolute atomic E-state index is 0.0980. The average Bonchev–Trinajstić information content (AvgIpc) is 3.22. The van der Waals surface area contributed by atoms with Crippen LogP contribution < -0.4 is 4.74 Å². The molecule has 0 saturated heterocycles. The third kappa shape index (κ3) is 5.07. The zero-order chi connectivity index (χ0) is 20.1. The molecular formula is C22H29ClO5. The predicted molar refractivity (Wildman–Crippen MR) is 108 cm³/mol. The van der Waals surface area contributed by atoms with Crippen LogP contribution in [0, 0.1) is 11.8 Å². The van der Waals surface area contributed by atoms with Crippen LogP contribution in [-0.4, -0.2) is 39.1 Å². The number of aliphatic hydroxyl groups excluding tert-OH is 2. The Bertz CT molecular complexity index is 704. The molecule has 0 amide bonds. The number of hydrogen-bond acceptors (Lipinski definition) is 4. The van der Waals surface area contributed by atoms with E-state index in [0.29, 0.717) is 31.4 Å². The maximum absolute atomic E-state index is 10.8. The minimum atomic E-state index is -1.11. The van der Waals surface area contributed by atoms with Crippen molar-refractivity contribution < 1.29 is 24.9 Å². The molecule has 154 valence electrons. The fraction of sp³-hybridized carbons (Fsp3) is 0.591. The third-order valence-electron chi connectivity index (χ3n) is 5.89. The molecule has 5 nitrogen and oxygen atoms in total. The molecule has 0 heterocycles. The lowest BCUT2D eigenvalue weighted by Gasteiger charge is -2.28. The Kier molecular flexibility index (Phi) is 7.38. The van der Waals surface area contributed by atoms with Gasteiger partial charge in [-0.3, -0.25) is 4.79 Å². The number of unbranched alkanes of at least 4 members (excludes halogenated alkanes) is 1. The summed E-state index contributed by atoms with van der Waals surface area (Å²) in [6.45, 7) is 0. The van der Waals surface area contributed by atoms with Crippen LogP contribution in [0.1, 0.15) is 49.7 Å². The average molecular weight is 409 g/mol. The minimum Gasteiger partial charge on any atom is -0.481 e. The van der Waals surface area contributed by atoms with Gasteiger partial charge in [-0.1, -0.05) is 24.3 Å². The van der Waals surface area contributed by atoms with Crippen LogP contribution in [0.2, 0.25) is 0 Å². The highest BCUT2D eigenvalue weighted by atomic mass is 35.5. The van der Waals surface area contributed by atoms with Crippen molar-refractivity contribution in [2.45, 2.75) is 69.1 Å². The zero-order valence-electron chi connectivity index (χ0n) is 16.0. The molecule has 1 saturated carbocycles. The summed E-state index contributed by atoms with van der Waals surface area (Å²) in [6, 6.07) is 5.92. The van der Waals surface area contributed by atoms with Crippen LogP contribution in [0.25, 0.3) is 0 Å². The summed E-state index contributed by atoms with van der Waals surface area (Å²) in [6.07, 6.45) is 7.67. The van der Waals surface area contributed by atoms with Crippen LogP contribution in [-0.2, 0) is 17.6 Å². The van der Waals surface area contributed by atoms with Crippen molar-refractivity contribution in [2.24, 2.45) is 11.8 Å². The van der Waals surface area contributed by atoms with Gasteiger partial charge in [0.25, 0.3) is 0 Å². The second kappa shape index (κ2) is 9.77. The number of carboxylic acids is 1. The Balaban J connectivity index is 1.61. The molecule has 6 heteroatoms. The fourth-order valence-corrected chi connectivity index (χ4v) is 4.89. The monoisotopic (exact) mass is 408 g/mol. The lowest BCUT2D eigenvalue weighted by Crippen LogP contribution is -2.36. The van der Waals surface area contributed by atoms with E-state index in [-0.39, 0.29) is 17.7 Å². The molecule has 0 aliphatic heterocycles. The largest absolute Gasteiger partial charge is 0.481 e. The van der Waals surface area contributed by atoms with Gasteiger partial charge in [0.15, 0.2) is 0 Å². The number of hydrogen-bond donors (Lipinski definition) is 3. The van der Waals surface area contributed by atoms with E-state index in [1.54, 1.807) is 0 Å². The lowest BCUT2D eigenvalue weighted by atomic mass is 9.90. The van der Waals surface area contributed by atoms with Crippen molar-refractivity contribution in [3.05, 3.63) is 41.5 Å². The van der Waals surface area contributed by atoms with Crippen molar-refractivity contribution in [3.63, 3.8) is 0 Å². The summed E-state index contributed by atoms with van der Waals surface area (Å²) in [4.78, 5) is 10.5. The van der Waals surface area contributed by atoms with E-state index in [0.717, 1.165) is 24.8 Å². The summed E-state index contributed by atoms with van der Waals surface area (Å²) in [5.74, 6) is -0.640. The molecule has 0 aromatic heterocycles. The van der Waals surface area contributed by atoms with Gasteiger partial charge in [-0.2, -0.15) is 0 Å². The third-order valence-corrected chi connectivity index (χ3v) is 6.39. The summed E-state index contributed by atoms with van der Waals surface area (Å²) < 4.78 is 5.91. The smallest absolute Gasteiger partial charge is 0.303 e. The van der Waals surface area contributed by atoms with E-state index in [4.69, 9.17) is 21.4 Å². The molecule has 5 atom stereocenters. The van der Waals surface area contributed by atoms with E-state index in [9.17, 15) is 15.0 Å². The van der Waals surface area contributed by atoms with Gasteiger partial charge in [-0.15, -0.1) is 11.6 Å². The maximum Gasteiger partial charge on any atom is 0.303 e. The Morgan fingerprint density at radius 1 is 1.32 bits per heavy atom. The van der Waals surface area contributed by atoms with Crippen LogP contribution in [0.3, 0.4) is 0 Å². The van der Waals surface area contributed by atoms with Gasteiger partial charge >= 0.3 is 5.97 Å². The number of aliphatic carboxylic acids is 1. The highest BCUT2D eigenvalue weighted by Gasteiger charge is 2.46. The SMILES string of the molecule is O=C(O)CCCC=CC[C@@H]1[C@H](C(O)Oc2cccc3c2CCC3)[C@H](O)C[C@H]1Cl. The normalized spacial score (nSPS) is 27.8. The first-order valence-corrected chi connectivity index (χ1v) is 10.6. The molecule has 1 aromatic carbocycles. The Labute approximate surface area is 171 Å². The molecule has 3 rings (SSSR count). The van der Waals surface area contributed by atoms with Crippen LogP contribution in [0.5, 0.6) is 5.75 Å². The number of aryl methyl sites for hydroxylation is 1. The number of halogens is 1. The number of ether oxygens (including phenoxy) is 1. The highest BCUT2D eigenvalue weighted by Crippen LogP contribution is 2.41. The van der Waals surface area contributed by atoms with Gasteiger partial charge in [0.2, 0.25) is 6.29 Å². The number of fused-ring (bicyclic) bond motifs is 1. The van der Waals surface area contributed by atoms with Crippen LogP contribution in [0.4, 0.5) is 0 Å². The van der Waals surface area contributed by atoms with Crippen LogP contribution in [0.15, 0.2) is 30.4 Å². The van der Waals surface area contributed by atoms with Gasteiger partial charge in [-0.05, 0) is 68.1 Å². The van der Waals surface area contributed by atoms with Crippen molar-refractivity contribution >= 4 is 17.6 Å². The first kappa shape index (κ1) is 21.2. The molecular weight excluding hydrogens is 380 g/mol. The van der Waals surface area contributed by atoms with Gasteiger partial charge < -0.3 is 20.1 Å². The number of alkyl halides is 1. The number of allylic oxidation sites excluding steroid dienone is 2. The fourth-order valence-electron chi connectivity index (χ4n) is 4.44. The van der Waals surface area contributed by atoms with Crippen LogP contribution >= 0.6 is 11.6 Å². The quantitative estimate of drug-likeness (QED) is 0.251. The molecule has 0 spiro atoms. The zero-order valence-corrected chi connectivity index (χ0v) is 16.7. The van der Waals surface area contributed by atoms with Crippen molar-refractivity contribution in [3.8, 4) is 5.75 Å². The van der Waals surface area contributed by atoms with E-state index in [1.165, 1.54) is 5.56 Å². The molecule has 3 N–H and O–H groups in total. The van der Waals surface area contributed by atoms with Crippen molar-refractivity contribution in [1.82, 2.24) is 0 Å². The van der Waals surface area contributed by atoms with Gasteiger partial charge in [-0.25, -0.2) is 0 Å². The standard InChI is InChI=1S/C22H29ClO5/c23-17-13-18(24)21(16(17)9-3-1-2-4-12-20(25)26)22(27)28-19-11-6-8-14-7-5-10-15(14)19/h1,3,6,8,11,16-18,21-22,24,27H,2,4-5,7,9-10,12-13H2,(H,25,26)/t16-,17+,18+,21-,22?/m0/s1. The lowest BCUT2D eigenvalue weighted by molar-refractivity contribution is -0.137. The van der Waals surface area contributed by atoms with E-state index >= 15 is 0 Å². The Morgan fingerprint density at radius 2 is 2.14 bits per heavy atom. The summed E-state index contributed by atoms with van der Waals surface area (Å²) in [5, 5.41) is 29.7. The Hall–Kier alpha value is -1.56. The second-order valence-electron chi connectivity index (χ2n) is 7.81. The van der Waals surface area contributed by atoms with Gasteiger partial charge in [0.05, 0.1) is 12.0 Å². The first-order valence-electron chi connectivity index (χ1n) is 10.1. The second-order valence-corrected chi connectivity index (χ2v) is 8.37. The summed E-state index contributed by atoms with van der Waals surface area (Å²) in [7, 11) is 0. The molecule has 1 unspecified atom stereocenters. The first-order chi connectivity index (χ1) is 13.5. The summed E-state index contributed by atoms with van der Waals surface area (Å²) >= 11 is 6.45. The molecule has 28 heavy (non-hydrogen) atoms. The van der Waals surface area contributed by atoms with Crippen molar-refractivity contribution in [1.29, 1.82) is 0 Å². The van der Waals surface area contributed by atoms with E-state index < -0.39 is 24.3 Å². The van der Waals surface area contributed by atoms with E-state index in [2.05, 4.69) is 6.07 Å². The van der Waals surface area contributed by atoms with Gasteiger partial charge in [0.1, 0.15) is 5.75 Å². The van der Waals surface area contributed by atoms with E-state index in [1.807, 2.05) is 24.3 Å². The molecule has 1 aromatic rings. The number of carboxylic acid groups (broad SMARTS) is 1. The summed E-state index contributed by atoms with van der Waals surface area (Å²) in [5.41, 5.74) is 2.43. The molecule has 2 aliphatic carbocycles. The maximum atomic E-state index is 10.8. The topological polar surface area (TPSA) is 87.0 Å². The number of benzene rings is 1. The number of aliphatic hydroxyl groups is 2. The molecule has 1 fully saturated rings.